The molecule has 1 aromatic carbocycles. The average molecular weight is 279 g/mol. The zero-order valence-electron chi connectivity index (χ0n) is 12.1. The highest BCUT2D eigenvalue weighted by Gasteiger charge is 2.19. The molecule has 1 aromatic rings. The minimum Gasteiger partial charge on any atom is -0.325 e. The van der Waals surface area contributed by atoms with Gasteiger partial charge in [-0.3, -0.25) is 9.69 Å². The number of likely N-dealkylation sites (N-methyl/N-ethyl adjacent to an activating group) is 1. The minimum atomic E-state index is -0.298. The molecule has 0 aliphatic carbocycles. The predicted molar refractivity (Wildman–Crippen MR) is 78.3 cm³/mol. The number of hydrogen-bond donors (Lipinski definition) is 2. The molecule has 2 rings (SSSR count). The number of nitrogens with one attached hydrogen (secondary N) is 2. The lowest BCUT2D eigenvalue weighted by Gasteiger charge is -2.31. The monoisotopic (exact) mass is 279 g/mol. The molecule has 1 fully saturated rings. The second-order valence-electron chi connectivity index (χ2n) is 5.43. The molecule has 1 aliphatic rings. The SMILES string of the molecule is Cc1ccc(NC(=O)CN(C)C2CCCNC2)cc1F. The molecule has 2 N–H and O–H groups in total. The number of amides is 1. The molecule has 20 heavy (non-hydrogen) atoms. The summed E-state index contributed by atoms with van der Waals surface area (Å²) in [6, 6.07) is 5.14. The molecule has 5 heteroatoms. The summed E-state index contributed by atoms with van der Waals surface area (Å²) in [5.41, 5.74) is 1.08. The quantitative estimate of drug-likeness (QED) is 0.882. The lowest BCUT2D eigenvalue weighted by molar-refractivity contribution is -0.117. The van der Waals surface area contributed by atoms with Crippen molar-refractivity contribution in [1.82, 2.24) is 10.2 Å². The van der Waals surface area contributed by atoms with Crippen LogP contribution in [-0.4, -0.2) is 43.5 Å². The van der Waals surface area contributed by atoms with Gasteiger partial charge in [0.25, 0.3) is 0 Å². The highest BCUT2D eigenvalue weighted by molar-refractivity contribution is 5.92. The van der Waals surface area contributed by atoms with Gasteiger partial charge in [-0.25, -0.2) is 4.39 Å². The van der Waals surface area contributed by atoms with E-state index in [9.17, 15) is 9.18 Å². The van der Waals surface area contributed by atoms with E-state index in [1.807, 2.05) is 11.9 Å². The van der Waals surface area contributed by atoms with Crippen molar-refractivity contribution in [2.24, 2.45) is 0 Å². The van der Waals surface area contributed by atoms with Crippen LogP contribution in [0.3, 0.4) is 0 Å². The Hall–Kier alpha value is -1.46. The zero-order valence-corrected chi connectivity index (χ0v) is 12.1. The first kappa shape index (κ1) is 14.9. The van der Waals surface area contributed by atoms with Gasteiger partial charge in [-0.2, -0.15) is 0 Å². The third kappa shape index (κ3) is 4.02. The largest absolute Gasteiger partial charge is 0.325 e. The number of benzene rings is 1. The van der Waals surface area contributed by atoms with Crippen LogP contribution in [-0.2, 0) is 4.79 Å². The van der Waals surface area contributed by atoms with Gasteiger partial charge in [0, 0.05) is 18.3 Å². The molecule has 1 aliphatic heterocycles. The minimum absolute atomic E-state index is 0.110. The van der Waals surface area contributed by atoms with E-state index in [1.54, 1.807) is 19.1 Å². The summed E-state index contributed by atoms with van der Waals surface area (Å²) in [7, 11) is 1.95. The molecule has 1 saturated heterocycles. The fraction of sp³-hybridized carbons (Fsp3) is 0.533. The summed E-state index contributed by atoms with van der Waals surface area (Å²) in [4.78, 5) is 14.0. The van der Waals surface area contributed by atoms with Gasteiger partial charge in [0.05, 0.1) is 6.54 Å². The average Bonchev–Trinajstić information content (AvgIpc) is 2.44. The highest BCUT2D eigenvalue weighted by Crippen LogP contribution is 2.14. The summed E-state index contributed by atoms with van der Waals surface area (Å²) in [5, 5.41) is 6.07. The van der Waals surface area contributed by atoms with E-state index in [0.29, 0.717) is 23.8 Å². The third-order valence-corrected chi connectivity index (χ3v) is 3.74. The van der Waals surface area contributed by atoms with E-state index in [0.717, 1.165) is 25.9 Å². The van der Waals surface area contributed by atoms with Crippen LogP contribution in [0.2, 0.25) is 0 Å². The van der Waals surface area contributed by atoms with Gasteiger partial charge in [-0.15, -0.1) is 0 Å². The Morgan fingerprint density at radius 3 is 3.00 bits per heavy atom. The van der Waals surface area contributed by atoms with Crippen molar-refractivity contribution in [1.29, 1.82) is 0 Å². The van der Waals surface area contributed by atoms with Crippen LogP contribution in [0.4, 0.5) is 10.1 Å². The van der Waals surface area contributed by atoms with Gasteiger partial charge in [0.1, 0.15) is 5.82 Å². The maximum atomic E-state index is 13.4. The third-order valence-electron chi connectivity index (χ3n) is 3.74. The maximum absolute atomic E-state index is 13.4. The first-order valence-electron chi connectivity index (χ1n) is 7.03. The fourth-order valence-corrected chi connectivity index (χ4v) is 2.44. The van der Waals surface area contributed by atoms with Crippen LogP contribution >= 0.6 is 0 Å². The van der Waals surface area contributed by atoms with Crippen molar-refractivity contribution in [3.63, 3.8) is 0 Å². The molecule has 110 valence electrons. The number of nitrogens with zero attached hydrogens (tertiary/aromatic N) is 1. The van der Waals surface area contributed by atoms with Crippen LogP contribution in [0.15, 0.2) is 18.2 Å². The summed E-state index contributed by atoms with van der Waals surface area (Å²) >= 11 is 0. The van der Waals surface area contributed by atoms with Crippen molar-refractivity contribution in [2.75, 3.05) is 32.0 Å². The number of hydrogen-bond acceptors (Lipinski definition) is 3. The molecule has 4 nitrogen and oxygen atoms in total. The van der Waals surface area contributed by atoms with Gasteiger partial charge in [0.15, 0.2) is 0 Å². The predicted octanol–water partition coefficient (Wildman–Crippen LogP) is 1.76. The maximum Gasteiger partial charge on any atom is 0.238 e. The number of anilines is 1. The first-order valence-corrected chi connectivity index (χ1v) is 7.03. The Morgan fingerprint density at radius 2 is 2.35 bits per heavy atom. The standard InChI is InChI=1S/C15H22FN3O/c1-11-5-6-12(8-14(11)16)18-15(20)10-19(2)13-4-3-7-17-9-13/h5-6,8,13,17H,3-4,7,9-10H2,1-2H3,(H,18,20). The molecule has 1 amide bonds. The fourth-order valence-electron chi connectivity index (χ4n) is 2.44. The number of piperidine rings is 1. The van der Waals surface area contributed by atoms with Crippen molar-refractivity contribution in [2.45, 2.75) is 25.8 Å². The van der Waals surface area contributed by atoms with E-state index < -0.39 is 0 Å². The van der Waals surface area contributed by atoms with Gasteiger partial charge in [-0.05, 0) is 51.1 Å². The van der Waals surface area contributed by atoms with Gasteiger partial charge in [0.2, 0.25) is 5.91 Å². The lowest BCUT2D eigenvalue weighted by atomic mass is 10.1. The Bertz CT molecular complexity index is 472. The summed E-state index contributed by atoms with van der Waals surface area (Å²) in [6.45, 7) is 3.99. The van der Waals surface area contributed by atoms with E-state index in [2.05, 4.69) is 10.6 Å². The van der Waals surface area contributed by atoms with Crippen molar-refractivity contribution in [3.8, 4) is 0 Å². The number of rotatable bonds is 4. The molecule has 1 atom stereocenters. The first-order chi connectivity index (χ1) is 9.56. The molecule has 0 spiro atoms. The molecule has 0 radical (unpaired) electrons. The molecule has 0 bridgehead atoms. The van der Waals surface area contributed by atoms with Crippen molar-refractivity contribution >= 4 is 11.6 Å². The number of aryl methyl sites for hydroxylation is 1. The number of carbonyl (C=O) groups is 1. The van der Waals surface area contributed by atoms with Gasteiger partial charge >= 0.3 is 0 Å². The summed E-state index contributed by atoms with van der Waals surface area (Å²) < 4.78 is 13.4. The molecular formula is C15H22FN3O. The van der Waals surface area contributed by atoms with E-state index in [1.165, 1.54) is 6.07 Å². The van der Waals surface area contributed by atoms with E-state index >= 15 is 0 Å². The second kappa shape index (κ2) is 6.81. The normalized spacial score (nSPS) is 19.1. The van der Waals surface area contributed by atoms with Gasteiger partial charge in [-0.1, -0.05) is 6.07 Å². The topological polar surface area (TPSA) is 44.4 Å². The van der Waals surface area contributed by atoms with Crippen LogP contribution in [0.25, 0.3) is 0 Å². The molecule has 1 heterocycles. The highest BCUT2D eigenvalue weighted by atomic mass is 19.1. The summed E-state index contributed by atoms with van der Waals surface area (Å²) in [6.07, 6.45) is 2.25. The van der Waals surface area contributed by atoms with Crippen LogP contribution in [0, 0.1) is 12.7 Å². The van der Waals surface area contributed by atoms with Crippen LogP contribution < -0.4 is 10.6 Å². The molecular weight excluding hydrogens is 257 g/mol. The summed E-state index contributed by atoms with van der Waals surface area (Å²) in [5.74, 6) is -0.408. The van der Waals surface area contributed by atoms with Gasteiger partial charge < -0.3 is 10.6 Å². The Labute approximate surface area is 119 Å². The molecule has 0 saturated carbocycles. The second-order valence-corrected chi connectivity index (χ2v) is 5.43. The van der Waals surface area contributed by atoms with E-state index in [4.69, 9.17) is 0 Å². The Kier molecular flexibility index (Phi) is 5.09. The molecule has 1 unspecified atom stereocenters. The van der Waals surface area contributed by atoms with Crippen molar-refractivity contribution < 1.29 is 9.18 Å². The zero-order chi connectivity index (χ0) is 14.5. The van der Waals surface area contributed by atoms with E-state index in [-0.39, 0.29) is 11.7 Å². The van der Waals surface area contributed by atoms with Crippen LogP contribution in [0.5, 0.6) is 0 Å². The smallest absolute Gasteiger partial charge is 0.238 e. The lowest BCUT2D eigenvalue weighted by Crippen LogP contribution is -2.46. The Balaban J connectivity index is 1.86. The number of halogens is 1. The molecule has 0 aromatic heterocycles. The number of carbonyl (C=O) groups excluding carboxylic acids is 1. The Morgan fingerprint density at radius 1 is 1.55 bits per heavy atom. The van der Waals surface area contributed by atoms with Crippen LogP contribution in [0.1, 0.15) is 18.4 Å². The van der Waals surface area contributed by atoms with Crippen molar-refractivity contribution in [3.05, 3.63) is 29.6 Å².